The van der Waals surface area contributed by atoms with Crippen molar-refractivity contribution in [1.29, 1.82) is 0 Å². The zero-order valence-corrected chi connectivity index (χ0v) is 13.9. The zero-order chi connectivity index (χ0) is 14.8. The van der Waals surface area contributed by atoms with E-state index in [1.165, 1.54) is 0 Å². The van der Waals surface area contributed by atoms with Gasteiger partial charge in [0.25, 0.3) is 0 Å². The topological polar surface area (TPSA) is 37.8 Å². The number of hydrogen-bond acceptors (Lipinski definition) is 3. The summed E-state index contributed by atoms with van der Waals surface area (Å²) in [6, 6.07) is 0. The van der Waals surface area contributed by atoms with E-state index in [-0.39, 0.29) is 11.0 Å². The zero-order valence-electron chi connectivity index (χ0n) is 13.2. The number of nitrogens with zero attached hydrogens (tertiary/aromatic N) is 2. The van der Waals surface area contributed by atoms with E-state index >= 15 is 0 Å². The Labute approximate surface area is 122 Å². The average molecular weight is 284 g/mol. The lowest BCUT2D eigenvalue weighted by atomic mass is 9.82. The second-order valence-electron chi connectivity index (χ2n) is 7.00. The van der Waals surface area contributed by atoms with Gasteiger partial charge in [-0.1, -0.05) is 39.3 Å². The summed E-state index contributed by atoms with van der Waals surface area (Å²) in [6.07, 6.45) is 1.83. The molecule has 108 valence electrons. The molecule has 0 aliphatic heterocycles. The molecule has 1 aromatic rings. The maximum Gasteiger partial charge on any atom is 0.137 e. The van der Waals surface area contributed by atoms with E-state index in [2.05, 4.69) is 49.9 Å². The highest BCUT2D eigenvalue weighted by Gasteiger charge is 2.26. The van der Waals surface area contributed by atoms with E-state index in [0.29, 0.717) is 5.15 Å². The molecule has 1 aromatic heterocycles. The van der Waals surface area contributed by atoms with Crippen LogP contribution in [0.15, 0.2) is 0 Å². The fourth-order valence-corrected chi connectivity index (χ4v) is 2.69. The summed E-state index contributed by atoms with van der Waals surface area (Å²) in [5.41, 5.74) is 1.14. The fraction of sp³-hybridized carbons (Fsp3) is 0.733. The smallest absolute Gasteiger partial charge is 0.137 e. The molecule has 0 amide bonds. The van der Waals surface area contributed by atoms with Gasteiger partial charge in [-0.05, 0) is 32.6 Å². The number of hydrogen-bond donors (Lipinski definition) is 1. The monoisotopic (exact) mass is 283 g/mol. The van der Waals surface area contributed by atoms with Crippen LogP contribution in [0.3, 0.4) is 0 Å². The van der Waals surface area contributed by atoms with Gasteiger partial charge in [0.05, 0.1) is 0 Å². The minimum atomic E-state index is -0.0360. The second kappa shape index (κ2) is 5.66. The van der Waals surface area contributed by atoms with Gasteiger partial charge in [0, 0.05) is 17.5 Å². The largest absolute Gasteiger partial charge is 0.365 e. The van der Waals surface area contributed by atoms with E-state index in [0.717, 1.165) is 30.0 Å². The Kier molecular flexibility index (Phi) is 4.83. The molecule has 1 heterocycles. The molecule has 1 N–H and O–H groups in total. The van der Waals surface area contributed by atoms with Gasteiger partial charge in [0.2, 0.25) is 0 Å². The van der Waals surface area contributed by atoms with Crippen molar-refractivity contribution in [2.75, 3.05) is 5.32 Å². The molecule has 0 saturated carbocycles. The first-order chi connectivity index (χ1) is 8.54. The highest BCUT2D eigenvalue weighted by atomic mass is 35.5. The Morgan fingerprint density at radius 3 is 2.16 bits per heavy atom. The third-order valence-electron chi connectivity index (χ3n) is 2.88. The normalized spacial score (nSPS) is 12.6. The second-order valence-corrected chi connectivity index (χ2v) is 7.36. The van der Waals surface area contributed by atoms with Crippen molar-refractivity contribution < 1.29 is 0 Å². The van der Waals surface area contributed by atoms with Gasteiger partial charge in [-0.25, -0.2) is 9.97 Å². The van der Waals surface area contributed by atoms with Crippen molar-refractivity contribution in [3.8, 4) is 0 Å². The van der Waals surface area contributed by atoms with Crippen LogP contribution in [0, 0.1) is 12.3 Å². The predicted octanol–water partition coefficient (Wildman–Crippen LogP) is 4.63. The quantitative estimate of drug-likeness (QED) is 0.819. The number of aromatic nitrogens is 2. The molecule has 4 heteroatoms. The molecule has 0 aliphatic carbocycles. The van der Waals surface area contributed by atoms with Crippen molar-refractivity contribution in [2.24, 2.45) is 5.41 Å². The van der Waals surface area contributed by atoms with Crippen molar-refractivity contribution in [1.82, 2.24) is 9.97 Å². The van der Waals surface area contributed by atoms with Crippen molar-refractivity contribution >= 4 is 17.4 Å². The Hall–Kier alpha value is -0.830. The first kappa shape index (κ1) is 16.2. The van der Waals surface area contributed by atoms with Gasteiger partial charge in [0.1, 0.15) is 16.8 Å². The van der Waals surface area contributed by atoms with Gasteiger partial charge in [0.15, 0.2) is 0 Å². The lowest BCUT2D eigenvalue weighted by molar-refractivity contribution is 0.302. The molecule has 1 rings (SSSR count). The first-order valence-corrected chi connectivity index (χ1v) is 7.23. The summed E-state index contributed by atoms with van der Waals surface area (Å²) in [4.78, 5) is 8.83. The third-order valence-corrected chi connectivity index (χ3v) is 3.25. The van der Waals surface area contributed by atoms with Crippen LogP contribution in [0.5, 0.6) is 0 Å². The summed E-state index contributed by atoms with van der Waals surface area (Å²) in [6.45, 7) is 15.1. The van der Waals surface area contributed by atoms with Gasteiger partial charge in [-0.15, -0.1) is 0 Å². The molecule has 0 saturated heterocycles. The Morgan fingerprint density at radius 2 is 1.68 bits per heavy atom. The molecular formula is C15H26ClN3. The number of anilines is 1. The van der Waals surface area contributed by atoms with E-state index in [1.54, 1.807) is 0 Å². The molecule has 0 radical (unpaired) electrons. The molecular weight excluding hydrogens is 258 g/mol. The maximum atomic E-state index is 6.17. The van der Waals surface area contributed by atoms with E-state index < -0.39 is 0 Å². The van der Waals surface area contributed by atoms with Crippen molar-refractivity contribution in [2.45, 2.75) is 66.8 Å². The molecule has 0 atom stereocenters. The van der Waals surface area contributed by atoms with Crippen LogP contribution >= 0.6 is 11.6 Å². The first-order valence-electron chi connectivity index (χ1n) is 6.85. The number of rotatable bonds is 4. The number of aryl methyl sites for hydroxylation is 1. The maximum absolute atomic E-state index is 6.17. The van der Waals surface area contributed by atoms with Gasteiger partial charge >= 0.3 is 0 Å². The standard InChI is InChI=1S/C15H26ClN3/c1-8-11-17-12(16)10(2)13(18-11)19-15(6,7)9-14(3,4)5/h8-9H2,1-7H3,(H,17,18,19). The molecule has 0 unspecified atom stereocenters. The van der Waals surface area contributed by atoms with Crippen LogP contribution in [0.2, 0.25) is 5.15 Å². The average Bonchev–Trinajstić information content (AvgIpc) is 2.20. The molecule has 3 nitrogen and oxygen atoms in total. The van der Waals surface area contributed by atoms with Gasteiger partial charge < -0.3 is 5.32 Å². The van der Waals surface area contributed by atoms with Crippen LogP contribution in [-0.2, 0) is 6.42 Å². The lowest BCUT2D eigenvalue weighted by Crippen LogP contribution is -2.36. The van der Waals surface area contributed by atoms with Crippen LogP contribution in [0.25, 0.3) is 0 Å². The summed E-state index contributed by atoms with van der Waals surface area (Å²) in [5, 5.41) is 4.07. The molecule has 0 aromatic carbocycles. The van der Waals surface area contributed by atoms with Crippen LogP contribution in [0.4, 0.5) is 5.82 Å². The molecule has 0 bridgehead atoms. The summed E-state index contributed by atoms with van der Waals surface area (Å²) in [5.74, 6) is 1.63. The summed E-state index contributed by atoms with van der Waals surface area (Å²) < 4.78 is 0. The Bertz CT molecular complexity index is 447. The summed E-state index contributed by atoms with van der Waals surface area (Å²) in [7, 11) is 0. The van der Waals surface area contributed by atoms with Crippen LogP contribution in [-0.4, -0.2) is 15.5 Å². The highest BCUT2D eigenvalue weighted by Crippen LogP contribution is 2.31. The van der Waals surface area contributed by atoms with Crippen LogP contribution in [0.1, 0.15) is 59.4 Å². The summed E-state index contributed by atoms with van der Waals surface area (Å²) >= 11 is 6.17. The molecule has 0 aliphatic rings. The Morgan fingerprint density at radius 1 is 1.11 bits per heavy atom. The molecule has 19 heavy (non-hydrogen) atoms. The third kappa shape index (κ3) is 4.98. The number of nitrogens with one attached hydrogen (secondary N) is 1. The Balaban J connectivity index is 3.01. The minimum absolute atomic E-state index is 0.0360. The SMILES string of the molecule is CCc1nc(Cl)c(C)c(NC(C)(C)CC(C)(C)C)n1. The van der Waals surface area contributed by atoms with Crippen molar-refractivity contribution in [3.63, 3.8) is 0 Å². The fourth-order valence-electron chi connectivity index (χ4n) is 2.50. The van der Waals surface area contributed by atoms with Gasteiger partial charge in [-0.3, -0.25) is 0 Å². The highest BCUT2D eigenvalue weighted by molar-refractivity contribution is 6.30. The van der Waals surface area contributed by atoms with Crippen LogP contribution < -0.4 is 5.32 Å². The van der Waals surface area contributed by atoms with Crippen molar-refractivity contribution in [3.05, 3.63) is 16.5 Å². The lowest BCUT2D eigenvalue weighted by Gasteiger charge is -2.34. The predicted molar refractivity (Wildman–Crippen MR) is 82.9 cm³/mol. The van der Waals surface area contributed by atoms with Gasteiger partial charge in [-0.2, -0.15) is 0 Å². The van der Waals surface area contributed by atoms with E-state index in [4.69, 9.17) is 11.6 Å². The minimum Gasteiger partial charge on any atom is -0.365 e. The number of halogens is 1. The molecule has 0 fully saturated rings. The molecule has 0 spiro atoms. The van der Waals surface area contributed by atoms with E-state index in [9.17, 15) is 0 Å². The van der Waals surface area contributed by atoms with E-state index in [1.807, 2.05) is 13.8 Å².